The van der Waals surface area contributed by atoms with Gasteiger partial charge in [0.1, 0.15) is 0 Å². The Hall–Kier alpha value is -1.09. The van der Waals surface area contributed by atoms with Crippen LogP contribution >= 0.6 is 0 Å². The first-order chi connectivity index (χ1) is 7.13. The minimum atomic E-state index is -0.411. The molecule has 1 atom stereocenters. The van der Waals surface area contributed by atoms with Gasteiger partial charge in [-0.1, -0.05) is 13.8 Å². The fourth-order valence-corrected chi connectivity index (χ4v) is 1.37. The van der Waals surface area contributed by atoms with Crippen molar-refractivity contribution in [2.75, 3.05) is 7.11 Å². The van der Waals surface area contributed by atoms with Crippen molar-refractivity contribution in [1.82, 2.24) is 4.98 Å². The Morgan fingerprint density at radius 1 is 1.33 bits per heavy atom. The van der Waals surface area contributed by atoms with Gasteiger partial charge in [0.05, 0.1) is 13.2 Å². The molecule has 15 heavy (non-hydrogen) atoms. The zero-order valence-corrected chi connectivity index (χ0v) is 9.60. The summed E-state index contributed by atoms with van der Waals surface area (Å²) in [7, 11) is 1.58. The van der Waals surface area contributed by atoms with Crippen LogP contribution in [-0.4, -0.2) is 17.2 Å². The number of hydrogen-bond acceptors (Lipinski definition) is 3. The summed E-state index contributed by atoms with van der Waals surface area (Å²) in [5.74, 6) is 1.20. The van der Waals surface area contributed by atoms with E-state index in [1.54, 1.807) is 19.4 Å². The van der Waals surface area contributed by atoms with Crippen LogP contribution < -0.4 is 4.74 Å². The van der Waals surface area contributed by atoms with Gasteiger partial charge in [0.2, 0.25) is 5.88 Å². The minimum Gasteiger partial charge on any atom is -0.481 e. The summed E-state index contributed by atoms with van der Waals surface area (Å²) in [6, 6.07) is 3.63. The van der Waals surface area contributed by atoms with Crippen molar-refractivity contribution < 1.29 is 9.84 Å². The van der Waals surface area contributed by atoms with Gasteiger partial charge in [-0.25, -0.2) is 4.98 Å². The van der Waals surface area contributed by atoms with Crippen molar-refractivity contribution in [3.63, 3.8) is 0 Å². The second-order valence-corrected chi connectivity index (χ2v) is 4.12. The quantitative estimate of drug-likeness (QED) is 0.810. The van der Waals surface area contributed by atoms with Crippen LogP contribution in [0, 0.1) is 5.92 Å². The van der Waals surface area contributed by atoms with E-state index in [1.807, 2.05) is 6.07 Å². The minimum absolute atomic E-state index is 0.411. The lowest BCUT2D eigenvalue weighted by Crippen LogP contribution is -2.00. The van der Waals surface area contributed by atoms with E-state index in [4.69, 9.17) is 4.74 Å². The number of methoxy groups -OCH3 is 1. The molecular formula is C12H19NO2. The fraction of sp³-hybridized carbons (Fsp3) is 0.583. The smallest absolute Gasteiger partial charge is 0.212 e. The number of aliphatic hydroxyl groups is 1. The Morgan fingerprint density at radius 2 is 2.07 bits per heavy atom. The molecule has 0 aliphatic carbocycles. The van der Waals surface area contributed by atoms with Crippen LogP contribution in [0.25, 0.3) is 0 Å². The highest BCUT2D eigenvalue weighted by atomic mass is 16.5. The molecule has 0 aromatic carbocycles. The van der Waals surface area contributed by atoms with Gasteiger partial charge in [-0.15, -0.1) is 0 Å². The molecule has 1 rings (SSSR count). The van der Waals surface area contributed by atoms with E-state index in [-0.39, 0.29) is 0 Å². The van der Waals surface area contributed by atoms with Crippen molar-refractivity contribution in [2.45, 2.75) is 32.8 Å². The van der Waals surface area contributed by atoms with Gasteiger partial charge in [-0.3, -0.25) is 0 Å². The van der Waals surface area contributed by atoms with E-state index in [1.165, 1.54) is 0 Å². The fourth-order valence-electron chi connectivity index (χ4n) is 1.37. The Bertz CT molecular complexity index is 282. The van der Waals surface area contributed by atoms with Crippen molar-refractivity contribution in [1.29, 1.82) is 0 Å². The molecule has 1 aromatic heterocycles. The van der Waals surface area contributed by atoms with E-state index in [2.05, 4.69) is 18.8 Å². The maximum absolute atomic E-state index is 9.85. The van der Waals surface area contributed by atoms with Crippen LogP contribution in [0.5, 0.6) is 5.88 Å². The number of nitrogens with zero attached hydrogens (tertiary/aromatic N) is 1. The SMILES string of the molecule is COc1ccc(C(O)CCC(C)C)cn1. The largest absolute Gasteiger partial charge is 0.481 e. The summed E-state index contributed by atoms with van der Waals surface area (Å²) in [4.78, 5) is 4.06. The number of ether oxygens (including phenoxy) is 1. The van der Waals surface area contributed by atoms with E-state index in [0.29, 0.717) is 11.8 Å². The molecular weight excluding hydrogens is 190 g/mol. The molecule has 3 heteroatoms. The van der Waals surface area contributed by atoms with Gasteiger partial charge in [-0.2, -0.15) is 0 Å². The molecule has 1 N–H and O–H groups in total. The summed E-state index contributed by atoms with van der Waals surface area (Å²) in [5, 5.41) is 9.85. The third kappa shape index (κ3) is 3.88. The standard InChI is InChI=1S/C12H19NO2/c1-9(2)4-6-11(14)10-5-7-12(15-3)13-8-10/h5,7-9,11,14H,4,6H2,1-3H3. The average molecular weight is 209 g/mol. The average Bonchev–Trinajstić information content (AvgIpc) is 2.26. The Kier molecular flexibility index (Phi) is 4.56. The van der Waals surface area contributed by atoms with Gasteiger partial charge >= 0.3 is 0 Å². The first kappa shape index (κ1) is 12.0. The van der Waals surface area contributed by atoms with Gasteiger partial charge < -0.3 is 9.84 Å². The maximum Gasteiger partial charge on any atom is 0.212 e. The molecule has 0 spiro atoms. The zero-order chi connectivity index (χ0) is 11.3. The van der Waals surface area contributed by atoms with Crippen LogP contribution in [-0.2, 0) is 0 Å². The third-order valence-corrected chi connectivity index (χ3v) is 2.37. The Balaban J connectivity index is 2.54. The lowest BCUT2D eigenvalue weighted by Gasteiger charge is -2.12. The molecule has 0 radical (unpaired) electrons. The molecule has 1 unspecified atom stereocenters. The number of aromatic nitrogens is 1. The Labute approximate surface area is 91.1 Å². The molecule has 0 aliphatic heterocycles. The van der Waals surface area contributed by atoms with E-state index in [0.717, 1.165) is 18.4 Å². The molecule has 0 saturated heterocycles. The third-order valence-electron chi connectivity index (χ3n) is 2.37. The highest BCUT2D eigenvalue weighted by Crippen LogP contribution is 2.21. The van der Waals surface area contributed by atoms with Crippen LogP contribution in [0.15, 0.2) is 18.3 Å². The molecule has 0 bridgehead atoms. The maximum atomic E-state index is 9.85. The molecule has 0 aliphatic rings. The lowest BCUT2D eigenvalue weighted by atomic mass is 10.0. The highest BCUT2D eigenvalue weighted by molar-refractivity contribution is 5.19. The van der Waals surface area contributed by atoms with E-state index in [9.17, 15) is 5.11 Å². The number of aliphatic hydroxyl groups excluding tert-OH is 1. The highest BCUT2D eigenvalue weighted by Gasteiger charge is 2.08. The van der Waals surface area contributed by atoms with Gasteiger partial charge in [0.25, 0.3) is 0 Å². The molecule has 0 fully saturated rings. The predicted octanol–water partition coefficient (Wildman–Crippen LogP) is 2.56. The first-order valence-electron chi connectivity index (χ1n) is 5.31. The molecule has 0 amide bonds. The normalized spacial score (nSPS) is 12.9. The molecule has 84 valence electrons. The predicted molar refractivity (Wildman–Crippen MR) is 59.8 cm³/mol. The van der Waals surface area contributed by atoms with Gasteiger partial charge in [0, 0.05) is 12.3 Å². The van der Waals surface area contributed by atoms with E-state index >= 15 is 0 Å². The molecule has 0 saturated carbocycles. The van der Waals surface area contributed by atoms with Crippen LogP contribution in [0.2, 0.25) is 0 Å². The number of rotatable bonds is 5. The van der Waals surface area contributed by atoms with Gasteiger partial charge in [0.15, 0.2) is 0 Å². The van der Waals surface area contributed by atoms with Crippen LogP contribution in [0.3, 0.4) is 0 Å². The zero-order valence-electron chi connectivity index (χ0n) is 9.60. The molecule has 3 nitrogen and oxygen atoms in total. The molecule has 1 aromatic rings. The first-order valence-corrected chi connectivity index (χ1v) is 5.31. The second kappa shape index (κ2) is 5.71. The van der Waals surface area contributed by atoms with Crippen molar-refractivity contribution in [2.24, 2.45) is 5.92 Å². The van der Waals surface area contributed by atoms with Crippen LogP contribution in [0.4, 0.5) is 0 Å². The van der Waals surface area contributed by atoms with Crippen molar-refractivity contribution in [3.8, 4) is 5.88 Å². The summed E-state index contributed by atoms with van der Waals surface area (Å²) in [6.07, 6.45) is 3.06. The Morgan fingerprint density at radius 3 is 2.53 bits per heavy atom. The second-order valence-electron chi connectivity index (χ2n) is 4.12. The van der Waals surface area contributed by atoms with Crippen molar-refractivity contribution >= 4 is 0 Å². The summed E-state index contributed by atoms with van der Waals surface area (Å²) in [5.41, 5.74) is 0.858. The summed E-state index contributed by atoms with van der Waals surface area (Å²) in [6.45, 7) is 4.30. The van der Waals surface area contributed by atoms with Crippen LogP contribution in [0.1, 0.15) is 38.4 Å². The molecule has 1 heterocycles. The summed E-state index contributed by atoms with van der Waals surface area (Å²) < 4.78 is 4.95. The van der Waals surface area contributed by atoms with Crippen molar-refractivity contribution in [3.05, 3.63) is 23.9 Å². The summed E-state index contributed by atoms with van der Waals surface area (Å²) >= 11 is 0. The number of hydrogen-bond donors (Lipinski definition) is 1. The topological polar surface area (TPSA) is 42.4 Å². The monoisotopic (exact) mass is 209 g/mol. The van der Waals surface area contributed by atoms with E-state index < -0.39 is 6.10 Å². The van der Waals surface area contributed by atoms with Gasteiger partial charge in [-0.05, 0) is 30.4 Å². The number of pyridine rings is 1. The lowest BCUT2D eigenvalue weighted by molar-refractivity contribution is 0.158.